The van der Waals surface area contributed by atoms with E-state index in [1.165, 1.54) is 6.26 Å². The number of hydrogen-bond acceptors (Lipinski definition) is 5. The summed E-state index contributed by atoms with van der Waals surface area (Å²) in [5.74, 6) is -0.193. The van der Waals surface area contributed by atoms with Crippen molar-refractivity contribution in [1.82, 2.24) is 10.5 Å². The molecule has 1 heterocycles. The van der Waals surface area contributed by atoms with E-state index in [4.69, 9.17) is 10.5 Å². The molecule has 0 unspecified atom stereocenters. The lowest BCUT2D eigenvalue weighted by atomic mass is 10.4. The molecule has 1 amide bonds. The summed E-state index contributed by atoms with van der Waals surface area (Å²) in [6.45, 7) is 1.17. The monoisotopic (exact) mass is 199 g/mol. The molecule has 14 heavy (non-hydrogen) atoms. The van der Waals surface area contributed by atoms with Gasteiger partial charge in [-0.1, -0.05) is 5.16 Å². The predicted molar refractivity (Wildman–Crippen MR) is 48.2 cm³/mol. The minimum absolute atomic E-state index is 0.0229. The van der Waals surface area contributed by atoms with Crippen LogP contribution < -0.4 is 11.1 Å². The molecule has 0 atom stereocenters. The highest BCUT2D eigenvalue weighted by Crippen LogP contribution is 1.92. The Kier molecular flexibility index (Phi) is 4.66. The van der Waals surface area contributed by atoms with E-state index in [9.17, 15) is 4.79 Å². The molecule has 0 aliphatic rings. The molecule has 0 radical (unpaired) electrons. The Morgan fingerprint density at radius 1 is 1.71 bits per heavy atom. The van der Waals surface area contributed by atoms with Crippen LogP contribution in [0.25, 0.3) is 0 Å². The summed E-state index contributed by atoms with van der Waals surface area (Å²) in [5.41, 5.74) is 5.86. The highest BCUT2D eigenvalue weighted by molar-refractivity contribution is 5.77. The number of carbonyl (C=O) groups is 1. The largest absolute Gasteiger partial charge is 0.370 e. The van der Waals surface area contributed by atoms with Crippen molar-refractivity contribution in [2.24, 2.45) is 5.73 Å². The van der Waals surface area contributed by atoms with E-state index in [2.05, 4.69) is 15.0 Å². The van der Waals surface area contributed by atoms with E-state index in [0.717, 1.165) is 0 Å². The molecule has 3 N–H and O–H groups in total. The highest BCUT2D eigenvalue weighted by Gasteiger charge is 2.02. The van der Waals surface area contributed by atoms with Gasteiger partial charge in [0.2, 0.25) is 5.91 Å². The lowest BCUT2D eigenvalue weighted by molar-refractivity contribution is -0.125. The Labute approximate surface area is 81.4 Å². The average Bonchev–Trinajstić information content (AvgIpc) is 2.68. The molecule has 1 rings (SSSR count). The van der Waals surface area contributed by atoms with Crippen molar-refractivity contribution in [1.29, 1.82) is 0 Å². The minimum Gasteiger partial charge on any atom is -0.370 e. The van der Waals surface area contributed by atoms with E-state index in [1.807, 2.05) is 0 Å². The van der Waals surface area contributed by atoms with Crippen molar-refractivity contribution in [3.8, 4) is 0 Å². The van der Waals surface area contributed by atoms with Gasteiger partial charge in [-0.2, -0.15) is 0 Å². The first-order valence-electron chi connectivity index (χ1n) is 4.26. The molecule has 6 nitrogen and oxygen atoms in total. The Hall–Kier alpha value is -1.40. The van der Waals surface area contributed by atoms with Gasteiger partial charge in [-0.15, -0.1) is 0 Å². The quantitative estimate of drug-likeness (QED) is 0.589. The molecule has 1 aromatic heterocycles. The summed E-state index contributed by atoms with van der Waals surface area (Å²) < 4.78 is 9.53. The van der Waals surface area contributed by atoms with Gasteiger partial charge in [-0.05, 0) is 0 Å². The van der Waals surface area contributed by atoms with Gasteiger partial charge in [-0.25, -0.2) is 0 Å². The van der Waals surface area contributed by atoms with Crippen LogP contribution in [-0.4, -0.2) is 30.8 Å². The van der Waals surface area contributed by atoms with Gasteiger partial charge >= 0.3 is 0 Å². The standard InChI is InChI=1S/C8H13N3O3/c9-2-4-13-6-8(12)10-5-7-1-3-14-11-7/h1,3H,2,4-6,9H2,(H,10,12). The van der Waals surface area contributed by atoms with Gasteiger partial charge in [-0.3, -0.25) is 4.79 Å². The van der Waals surface area contributed by atoms with Crippen molar-refractivity contribution >= 4 is 5.91 Å². The number of rotatable bonds is 6. The van der Waals surface area contributed by atoms with Crippen LogP contribution in [0.4, 0.5) is 0 Å². The second-order valence-corrected chi connectivity index (χ2v) is 2.61. The number of nitrogens with one attached hydrogen (secondary N) is 1. The summed E-state index contributed by atoms with van der Waals surface area (Å²) in [6, 6.07) is 1.68. The molecular weight excluding hydrogens is 186 g/mol. The normalized spacial score (nSPS) is 10.1. The lowest BCUT2D eigenvalue weighted by Gasteiger charge is -2.02. The van der Waals surface area contributed by atoms with Crippen LogP contribution in [0.2, 0.25) is 0 Å². The predicted octanol–water partition coefficient (Wildman–Crippen LogP) is -0.734. The fraction of sp³-hybridized carbons (Fsp3) is 0.500. The summed E-state index contributed by atoms with van der Waals surface area (Å²) in [6.07, 6.45) is 1.45. The summed E-state index contributed by atoms with van der Waals surface area (Å²) in [7, 11) is 0. The van der Waals surface area contributed by atoms with Crippen LogP contribution >= 0.6 is 0 Å². The summed E-state index contributed by atoms with van der Waals surface area (Å²) in [5, 5.41) is 6.25. The van der Waals surface area contributed by atoms with Crippen molar-refractivity contribution in [2.45, 2.75) is 6.54 Å². The third-order valence-corrected chi connectivity index (χ3v) is 1.45. The van der Waals surface area contributed by atoms with E-state index in [1.54, 1.807) is 6.07 Å². The molecule has 0 saturated carbocycles. The SMILES string of the molecule is NCCOCC(=O)NCc1ccon1. The van der Waals surface area contributed by atoms with Crippen LogP contribution in [0.1, 0.15) is 5.69 Å². The van der Waals surface area contributed by atoms with Crippen molar-refractivity contribution in [2.75, 3.05) is 19.8 Å². The molecule has 0 saturated heterocycles. The Morgan fingerprint density at radius 3 is 3.21 bits per heavy atom. The first kappa shape index (κ1) is 10.7. The Morgan fingerprint density at radius 2 is 2.57 bits per heavy atom. The second kappa shape index (κ2) is 6.11. The molecule has 0 bridgehead atoms. The first-order valence-corrected chi connectivity index (χ1v) is 4.26. The Balaban J connectivity index is 2.09. The summed E-state index contributed by atoms with van der Waals surface area (Å²) >= 11 is 0. The lowest BCUT2D eigenvalue weighted by Crippen LogP contribution is -2.28. The molecule has 0 aromatic carbocycles. The molecule has 0 fully saturated rings. The second-order valence-electron chi connectivity index (χ2n) is 2.61. The van der Waals surface area contributed by atoms with Crippen molar-refractivity contribution in [3.05, 3.63) is 18.0 Å². The van der Waals surface area contributed by atoms with Crippen LogP contribution in [0.5, 0.6) is 0 Å². The molecule has 78 valence electrons. The molecule has 6 heteroatoms. The van der Waals surface area contributed by atoms with E-state index >= 15 is 0 Å². The van der Waals surface area contributed by atoms with Gasteiger partial charge in [0.05, 0.1) is 13.2 Å². The Bertz CT molecular complexity index is 261. The van der Waals surface area contributed by atoms with Gasteiger partial charge in [0, 0.05) is 12.6 Å². The minimum atomic E-state index is -0.193. The van der Waals surface area contributed by atoms with Gasteiger partial charge in [0.25, 0.3) is 0 Å². The molecule has 0 aliphatic heterocycles. The summed E-state index contributed by atoms with van der Waals surface area (Å²) in [4.78, 5) is 11.1. The van der Waals surface area contributed by atoms with Crippen molar-refractivity contribution < 1.29 is 14.1 Å². The first-order chi connectivity index (χ1) is 6.83. The molecular formula is C8H13N3O3. The smallest absolute Gasteiger partial charge is 0.246 e. The maximum atomic E-state index is 11.1. The number of ether oxygens (including phenoxy) is 1. The zero-order valence-corrected chi connectivity index (χ0v) is 7.73. The third-order valence-electron chi connectivity index (χ3n) is 1.45. The number of hydrogen-bond donors (Lipinski definition) is 2. The van der Waals surface area contributed by atoms with Gasteiger partial charge in [0.15, 0.2) is 0 Å². The fourth-order valence-electron chi connectivity index (χ4n) is 0.817. The van der Waals surface area contributed by atoms with Crippen LogP contribution in [-0.2, 0) is 16.1 Å². The molecule has 0 aliphatic carbocycles. The van der Waals surface area contributed by atoms with Crippen LogP contribution in [0.15, 0.2) is 16.9 Å². The fourth-order valence-corrected chi connectivity index (χ4v) is 0.817. The topological polar surface area (TPSA) is 90.4 Å². The van der Waals surface area contributed by atoms with Crippen LogP contribution in [0.3, 0.4) is 0 Å². The maximum Gasteiger partial charge on any atom is 0.246 e. The van der Waals surface area contributed by atoms with Crippen molar-refractivity contribution in [3.63, 3.8) is 0 Å². The number of nitrogens with two attached hydrogens (primary N) is 1. The van der Waals surface area contributed by atoms with Gasteiger partial charge in [0.1, 0.15) is 18.6 Å². The molecule has 0 spiro atoms. The number of amides is 1. The zero-order chi connectivity index (χ0) is 10.2. The number of nitrogens with zero attached hydrogens (tertiary/aromatic N) is 1. The number of aromatic nitrogens is 1. The van der Waals surface area contributed by atoms with E-state index in [0.29, 0.717) is 25.4 Å². The third kappa shape index (κ3) is 4.01. The van der Waals surface area contributed by atoms with Gasteiger partial charge < -0.3 is 20.3 Å². The van der Waals surface area contributed by atoms with E-state index in [-0.39, 0.29) is 12.5 Å². The molecule has 1 aromatic rings. The highest BCUT2D eigenvalue weighted by atomic mass is 16.5. The zero-order valence-electron chi connectivity index (χ0n) is 7.73. The maximum absolute atomic E-state index is 11.1. The number of carbonyl (C=O) groups excluding carboxylic acids is 1. The van der Waals surface area contributed by atoms with E-state index < -0.39 is 0 Å². The average molecular weight is 199 g/mol. The van der Waals surface area contributed by atoms with Crippen LogP contribution in [0, 0.1) is 0 Å².